The van der Waals surface area contributed by atoms with Gasteiger partial charge in [-0.3, -0.25) is 14.3 Å². The zero-order chi connectivity index (χ0) is 15.7. The van der Waals surface area contributed by atoms with Crippen LogP contribution >= 0.6 is 0 Å². The number of primary amides is 1. The van der Waals surface area contributed by atoms with Crippen molar-refractivity contribution < 1.29 is 9.59 Å². The summed E-state index contributed by atoms with van der Waals surface area (Å²) in [6, 6.07) is 1.49. The van der Waals surface area contributed by atoms with Crippen molar-refractivity contribution in [2.45, 2.75) is 32.5 Å². The quantitative estimate of drug-likeness (QED) is 0.870. The molecule has 0 aliphatic carbocycles. The molecule has 0 spiro atoms. The molecule has 1 aliphatic heterocycles. The van der Waals surface area contributed by atoms with Gasteiger partial charge < -0.3 is 15.2 Å². The summed E-state index contributed by atoms with van der Waals surface area (Å²) in [5.74, 6) is 0.200. The van der Waals surface area contributed by atoms with Gasteiger partial charge in [0, 0.05) is 25.5 Å². The summed E-state index contributed by atoms with van der Waals surface area (Å²) < 4.78 is 3.46. The molecule has 3 heterocycles. The SMILES string of the molecule is CC[C@H](C(=O)N1CCn2c(C(N)=O)cnc2C1)n1cccn1. The van der Waals surface area contributed by atoms with Gasteiger partial charge in [0.15, 0.2) is 0 Å². The summed E-state index contributed by atoms with van der Waals surface area (Å²) in [5.41, 5.74) is 5.71. The van der Waals surface area contributed by atoms with E-state index in [4.69, 9.17) is 5.73 Å². The highest BCUT2D eigenvalue weighted by Crippen LogP contribution is 2.19. The molecule has 2 aromatic heterocycles. The molecule has 2 aromatic rings. The Kier molecular flexibility index (Phi) is 3.66. The average Bonchev–Trinajstić information content (AvgIpc) is 3.16. The molecule has 116 valence electrons. The summed E-state index contributed by atoms with van der Waals surface area (Å²) in [5, 5.41) is 4.16. The minimum absolute atomic E-state index is 0.0149. The zero-order valence-electron chi connectivity index (χ0n) is 12.3. The zero-order valence-corrected chi connectivity index (χ0v) is 12.3. The second-order valence-electron chi connectivity index (χ2n) is 5.25. The number of nitrogens with two attached hydrogens (primary N) is 1. The number of fused-ring (bicyclic) bond motifs is 1. The van der Waals surface area contributed by atoms with Crippen LogP contribution in [0.4, 0.5) is 0 Å². The number of amides is 2. The summed E-state index contributed by atoms with van der Waals surface area (Å²) in [6.45, 7) is 3.39. The third-order valence-corrected chi connectivity index (χ3v) is 3.94. The smallest absolute Gasteiger partial charge is 0.266 e. The number of aromatic nitrogens is 4. The molecule has 8 nitrogen and oxygen atoms in total. The molecule has 1 aliphatic rings. The van der Waals surface area contributed by atoms with E-state index in [1.54, 1.807) is 32.6 Å². The first-order chi connectivity index (χ1) is 10.6. The van der Waals surface area contributed by atoms with Crippen LogP contribution in [0.25, 0.3) is 0 Å². The van der Waals surface area contributed by atoms with Gasteiger partial charge in [0.05, 0.1) is 12.7 Å². The lowest BCUT2D eigenvalue weighted by Crippen LogP contribution is -2.43. The monoisotopic (exact) mass is 302 g/mol. The Morgan fingerprint density at radius 3 is 2.86 bits per heavy atom. The van der Waals surface area contributed by atoms with Gasteiger partial charge in [0.25, 0.3) is 5.91 Å². The van der Waals surface area contributed by atoms with Crippen molar-refractivity contribution in [3.63, 3.8) is 0 Å². The van der Waals surface area contributed by atoms with E-state index < -0.39 is 5.91 Å². The van der Waals surface area contributed by atoms with Crippen LogP contribution in [-0.2, 0) is 17.9 Å². The van der Waals surface area contributed by atoms with Crippen molar-refractivity contribution in [2.24, 2.45) is 5.73 Å². The maximum atomic E-state index is 12.7. The minimum Gasteiger partial charge on any atom is -0.364 e. The summed E-state index contributed by atoms with van der Waals surface area (Å²) in [4.78, 5) is 30.0. The Morgan fingerprint density at radius 1 is 1.41 bits per heavy atom. The molecule has 22 heavy (non-hydrogen) atoms. The van der Waals surface area contributed by atoms with Crippen molar-refractivity contribution in [3.8, 4) is 0 Å². The van der Waals surface area contributed by atoms with Crippen molar-refractivity contribution in [1.82, 2.24) is 24.2 Å². The highest BCUT2D eigenvalue weighted by atomic mass is 16.2. The van der Waals surface area contributed by atoms with E-state index in [1.165, 1.54) is 6.20 Å². The Bertz CT molecular complexity index is 690. The Balaban J connectivity index is 1.79. The van der Waals surface area contributed by atoms with Crippen LogP contribution in [0.2, 0.25) is 0 Å². The normalized spacial score (nSPS) is 15.4. The highest BCUT2D eigenvalue weighted by Gasteiger charge is 2.29. The van der Waals surface area contributed by atoms with Gasteiger partial charge in [0.2, 0.25) is 5.91 Å². The molecule has 0 bridgehead atoms. The molecular formula is C14H18N6O2. The molecule has 8 heteroatoms. The van der Waals surface area contributed by atoms with Crippen molar-refractivity contribution in [1.29, 1.82) is 0 Å². The summed E-state index contributed by atoms with van der Waals surface area (Å²) in [6.07, 6.45) is 5.59. The Hall–Kier alpha value is -2.64. The van der Waals surface area contributed by atoms with E-state index in [0.717, 1.165) is 0 Å². The molecule has 0 aromatic carbocycles. The fourth-order valence-electron chi connectivity index (χ4n) is 2.80. The molecular weight excluding hydrogens is 284 g/mol. The van der Waals surface area contributed by atoms with Gasteiger partial charge in [0.1, 0.15) is 17.6 Å². The Morgan fingerprint density at radius 2 is 2.23 bits per heavy atom. The van der Waals surface area contributed by atoms with Gasteiger partial charge in [-0.25, -0.2) is 4.98 Å². The van der Waals surface area contributed by atoms with Gasteiger partial charge in [-0.2, -0.15) is 5.10 Å². The van der Waals surface area contributed by atoms with E-state index in [-0.39, 0.29) is 11.9 Å². The second kappa shape index (κ2) is 5.63. The lowest BCUT2D eigenvalue weighted by atomic mass is 10.2. The van der Waals surface area contributed by atoms with Crippen LogP contribution in [0.1, 0.15) is 35.7 Å². The maximum absolute atomic E-state index is 12.7. The van der Waals surface area contributed by atoms with E-state index >= 15 is 0 Å². The molecule has 2 amide bonds. The van der Waals surface area contributed by atoms with E-state index in [2.05, 4.69) is 10.1 Å². The van der Waals surface area contributed by atoms with Crippen LogP contribution in [0.3, 0.4) is 0 Å². The number of imidazole rings is 1. The number of rotatable bonds is 4. The third-order valence-electron chi connectivity index (χ3n) is 3.94. The first-order valence-corrected chi connectivity index (χ1v) is 7.24. The van der Waals surface area contributed by atoms with Gasteiger partial charge >= 0.3 is 0 Å². The van der Waals surface area contributed by atoms with E-state index in [9.17, 15) is 9.59 Å². The second-order valence-corrected chi connectivity index (χ2v) is 5.25. The van der Waals surface area contributed by atoms with Crippen LogP contribution in [0, 0.1) is 0 Å². The van der Waals surface area contributed by atoms with Crippen LogP contribution in [0.15, 0.2) is 24.7 Å². The molecule has 0 unspecified atom stereocenters. The predicted octanol–water partition coefficient (Wildman–Crippen LogP) is 0.172. The molecule has 1 atom stereocenters. The minimum atomic E-state index is -0.499. The third kappa shape index (κ3) is 2.36. The highest BCUT2D eigenvalue weighted by molar-refractivity contribution is 5.91. The molecule has 0 saturated carbocycles. The maximum Gasteiger partial charge on any atom is 0.266 e. The topological polar surface area (TPSA) is 99.0 Å². The van der Waals surface area contributed by atoms with Crippen molar-refractivity contribution >= 4 is 11.8 Å². The Labute approximate surface area is 127 Å². The molecule has 3 rings (SSSR count). The van der Waals surface area contributed by atoms with Gasteiger partial charge in [-0.1, -0.05) is 6.92 Å². The number of hydrogen-bond acceptors (Lipinski definition) is 4. The molecule has 2 N–H and O–H groups in total. The number of nitrogens with zero attached hydrogens (tertiary/aromatic N) is 5. The summed E-state index contributed by atoms with van der Waals surface area (Å²) >= 11 is 0. The van der Waals surface area contributed by atoms with Crippen LogP contribution in [-0.4, -0.2) is 42.6 Å². The number of carbonyl (C=O) groups excluding carboxylic acids is 2. The van der Waals surface area contributed by atoms with Crippen molar-refractivity contribution in [2.75, 3.05) is 6.54 Å². The van der Waals surface area contributed by atoms with E-state index in [0.29, 0.717) is 37.6 Å². The van der Waals surface area contributed by atoms with Gasteiger partial charge in [-0.15, -0.1) is 0 Å². The predicted molar refractivity (Wildman–Crippen MR) is 77.7 cm³/mol. The fourth-order valence-corrected chi connectivity index (χ4v) is 2.80. The first kappa shape index (κ1) is 14.3. The standard InChI is InChI=1S/C14H18N6O2/c1-2-10(20-5-3-4-17-20)14(22)18-6-7-19-11(13(15)21)8-16-12(19)9-18/h3-5,8,10H,2,6-7,9H2,1H3,(H2,15,21)/t10-/m1/s1. The van der Waals surface area contributed by atoms with Gasteiger partial charge in [-0.05, 0) is 12.5 Å². The molecule has 0 saturated heterocycles. The summed E-state index contributed by atoms with van der Waals surface area (Å²) in [7, 11) is 0. The fraction of sp³-hybridized carbons (Fsp3) is 0.429. The van der Waals surface area contributed by atoms with E-state index in [1.807, 2.05) is 6.92 Å². The van der Waals surface area contributed by atoms with Crippen LogP contribution < -0.4 is 5.73 Å². The number of carbonyl (C=O) groups is 2. The molecule has 0 fully saturated rings. The molecule has 0 radical (unpaired) electrons. The lowest BCUT2D eigenvalue weighted by Gasteiger charge is -2.31. The lowest BCUT2D eigenvalue weighted by molar-refractivity contribution is -0.136. The largest absolute Gasteiger partial charge is 0.364 e. The van der Waals surface area contributed by atoms with Crippen molar-refractivity contribution in [3.05, 3.63) is 36.2 Å². The first-order valence-electron chi connectivity index (χ1n) is 7.24. The van der Waals surface area contributed by atoms with Crippen LogP contribution in [0.5, 0.6) is 0 Å². The number of hydrogen-bond donors (Lipinski definition) is 1. The average molecular weight is 302 g/mol.